The van der Waals surface area contributed by atoms with Crippen LogP contribution >= 0.6 is 0 Å². The van der Waals surface area contributed by atoms with Crippen LogP contribution in [0.3, 0.4) is 0 Å². The molecule has 2 nitrogen and oxygen atoms in total. The standard InChI is InChI=1S/C22H36O2/c1-5-8-16-20(17-9-6-2)22(4,18-10-7-3)24-21(23)19-14-12-11-13-15-19/h11-15,20H,5-10,16-18H2,1-4H3. The van der Waals surface area contributed by atoms with Gasteiger partial charge in [0.2, 0.25) is 0 Å². The van der Waals surface area contributed by atoms with E-state index in [0.29, 0.717) is 11.5 Å². The molecule has 0 N–H and O–H groups in total. The average Bonchev–Trinajstić information content (AvgIpc) is 2.60. The number of ether oxygens (including phenoxy) is 1. The maximum atomic E-state index is 12.7. The Morgan fingerprint density at radius 3 is 2.00 bits per heavy atom. The third-order valence-electron chi connectivity index (χ3n) is 5.04. The van der Waals surface area contributed by atoms with Gasteiger partial charge in [-0.15, -0.1) is 0 Å². The van der Waals surface area contributed by atoms with Gasteiger partial charge in [-0.25, -0.2) is 4.79 Å². The zero-order chi connectivity index (χ0) is 17.8. The highest BCUT2D eigenvalue weighted by Gasteiger charge is 2.36. The van der Waals surface area contributed by atoms with Gasteiger partial charge in [-0.3, -0.25) is 0 Å². The van der Waals surface area contributed by atoms with Crippen molar-refractivity contribution >= 4 is 5.97 Å². The highest BCUT2D eigenvalue weighted by Crippen LogP contribution is 2.36. The van der Waals surface area contributed by atoms with Gasteiger partial charge in [-0.1, -0.05) is 71.1 Å². The van der Waals surface area contributed by atoms with Gasteiger partial charge in [0.05, 0.1) is 5.56 Å². The Hall–Kier alpha value is -1.31. The van der Waals surface area contributed by atoms with E-state index >= 15 is 0 Å². The third kappa shape index (κ3) is 6.67. The van der Waals surface area contributed by atoms with Crippen molar-refractivity contribution in [1.29, 1.82) is 0 Å². The molecule has 0 spiro atoms. The van der Waals surface area contributed by atoms with Crippen LogP contribution in [0.2, 0.25) is 0 Å². The molecule has 0 saturated heterocycles. The predicted octanol–water partition coefficient (Wildman–Crippen LogP) is 6.79. The van der Waals surface area contributed by atoms with E-state index in [1.165, 1.54) is 25.7 Å². The van der Waals surface area contributed by atoms with Crippen LogP contribution in [-0.2, 0) is 4.74 Å². The Morgan fingerprint density at radius 1 is 0.958 bits per heavy atom. The Kier molecular flexibility index (Phi) is 9.75. The predicted molar refractivity (Wildman–Crippen MR) is 102 cm³/mol. The molecule has 0 fully saturated rings. The fourth-order valence-electron chi connectivity index (χ4n) is 3.37. The molecule has 0 heterocycles. The fourth-order valence-corrected chi connectivity index (χ4v) is 3.37. The van der Waals surface area contributed by atoms with Crippen molar-refractivity contribution in [3.8, 4) is 0 Å². The fraction of sp³-hybridized carbons (Fsp3) is 0.682. The Bertz CT molecular complexity index is 446. The lowest BCUT2D eigenvalue weighted by Gasteiger charge is -2.38. The minimum atomic E-state index is -0.354. The van der Waals surface area contributed by atoms with Crippen LogP contribution < -0.4 is 0 Å². The second-order valence-electron chi connectivity index (χ2n) is 7.15. The van der Waals surface area contributed by atoms with Crippen molar-refractivity contribution in [2.24, 2.45) is 5.92 Å². The third-order valence-corrected chi connectivity index (χ3v) is 5.04. The first kappa shape index (κ1) is 20.7. The summed E-state index contributed by atoms with van der Waals surface area (Å²) in [5, 5.41) is 0. The molecule has 1 aromatic carbocycles. The molecule has 0 saturated carbocycles. The molecule has 0 aliphatic rings. The van der Waals surface area contributed by atoms with Gasteiger partial charge in [-0.2, -0.15) is 0 Å². The van der Waals surface area contributed by atoms with Crippen LogP contribution in [-0.4, -0.2) is 11.6 Å². The summed E-state index contributed by atoms with van der Waals surface area (Å²) in [6.45, 7) is 8.83. The maximum absolute atomic E-state index is 12.7. The molecule has 0 radical (unpaired) electrons. The molecule has 24 heavy (non-hydrogen) atoms. The summed E-state index contributed by atoms with van der Waals surface area (Å²) in [6.07, 6.45) is 10.3. The highest BCUT2D eigenvalue weighted by molar-refractivity contribution is 5.89. The van der Waals surface area contributed by atoms with E-state index in [4.69, 9.17) is 4.74 Å². The molecule has 0 bridgehead atoms. The van der Waals surface area contributed by atoms with Crippen molar-refractivity contribution < 1.29 is 9.53 Å². The summed E-state index contributed by atoms with van der Waals surface area (Å²) in [7, 11) is 0. The summed E-state index contributed by atoms with van der Waals surface area (Å²) in [5.74, 6) is 0.281. The first-order valence-corrected chi connectivity index (χ1v) is 9.85. The van der Waals surface area contributed by atoms with Gasteiger partial charge < -0.3 is 4.74 Å². The van der Waals surface area contributed by atoms with E-state index in [-0.39, 0.29) is 11.6 Å². The Morgan fingerprint density at radius 2 is 1.50 bits per heavy atom. The normalized spacial score (nSPS) is 13.7. The number of hydrogen-bond donors (Lipinski definition) is 0. The largest absolute Gasteiger partial charge is 0.455 e. The van der Waals surface area contributed by atoms with Crippen molar-refractivity contribution in [2.75, 3.05) is 0 Å². The van der Waals surface area contributed by atoms with E-state index in [1.54, 1.807) is 0 Å². The van der Waals surface area contributed by atoms with Crippen LogP contribution in [0.5, 0.6) is 0 Å². The SMILES string of the molecule is CCCCC(CCCC)C(C)(CCCC)OC(=O)c1ccccc1. The smallest absolute Gasteiger partial charge is 0.338 e. The van der Waals surface area contributed by atoms with Gasteiger partial charge in [0, 0.05) is 0 Å². The molecule has 2 heteroatoms. The Labute approximate surface area is 149 Å². The zero-order valence-corrected chi connectivity index (χ0v) is 16.1. The number of carbonyl (C=O) groups is 1. The van der Waals surface area contributed by atoms with Crippen LogP contribution in [0.15, 0.2) is 30.3 Å². The lowest BCUT2D eigenvalue weighted by molar-refractivity contribution is -0.0518. The van der Waals surface area contributed by atoms with E-state index in [9.17, 15) is 4.79 Å². The number of esters is 1. The second-order valence-corrected chi connectivity index (χ2v) is 7.15. The number of benzene rings is 1. The molecule has 0 aliphatic heterocycles. The Balaban J connectivity index is 2.92. The zero-order valence-electron chi connectivity index (χ0n) is 16.1. The summed E-state index contributed by atoms with van der Waals surface area (Å²) < 4.78 is 6.14. The van der Waals surface area contributed by atoms with Crippen molar-refractivity contribution in [1.82, 2.24) is 0 Å². The van der Waals surface area contributed by atoms with E-state index in [1.807, 2.05) is 30.3 Å². The lowest BCUT2D eigenvalue weighted by atomic mass is 9.78. The van der Waals surface area contributed by atoms with E-state index in [0.717, 1.165) is 32.1 Å². The topological polar surface area (TPSA) is 26.3 Å². The van der Waals surface area contributed by atoms with Gasteiger partial charge in [0.15, 0.2) is 0 Å². The molecule has 0 aliphatic carbocycles. The molecule has 0 aromatic heterocycles. The first-order valence-electron chi connectivity index (χ1n) is 9.85. The monoisotopic (exact) mass is 332 g/mol. The minimum Gasteiger partial charge on any atom is -0.455 e. The van der Waals surface area contributed by atoms with Crippen LogP contribution in [0.1, 0.15) is 95.8 Å². The van der Waals surface area contributed by atoms with Gasteiger partial charge in [-0.05, 0) is 50.7 Å². The lowest BCUT2D eigenvalue weighted by Crippen LogP contribution is -2.40. The summed E-state index contributed by atoms with van der Waals surface area (Å²) in [5.41, 5.74) is 0.303. The van der Waals surface area contributed by atoms with Crippen molar-refractivity contribution in [3.63, 3.8) is 0 Å². The minimum absolute atomic E-state index is 0.174. The van der Waals surface area contributed by atoms with Crippen molar-refractivity contribution in [3.05, 3.63) is 35.9 Å². The van der Waals surface area contributed by atoms with Crippen LogP contribution in [0.25, 0.3) is 0 Å². The van der Waals surface area contributed by atoms with Gasteiger partial charge >= 0.3 is 5.97 Å². The summed E-state index contributed by atoms with van der Waals surface area (Å²) in [6, 6.07) is 9.40. The molecule has 1 rings (SSSR count). The summed E-state index contributed by atoms with van der Waals surface area (Å²) >= 11 is 0. The van der Waals surface area contributed by atoms with E-state index < -0.39 is 0 Å². The highest BCUT2D eigenvalue weighted by atomic mass is 16.6. The first-order chi connectivity index (χ1) is 11.6. The average molecular weight is 333 g/mol. The molecule has 136 valence electrons. The van der Waals surface area contributed by atoms with Crippen molar-refractivity contribution in [2.45, 2.75) is 91.1 Å². The molecule has 1 aromatic rings. The molecule has 1 atom stereocenters. The van der Waals surface area contributed by atoms with E-state index in [2.05, 4.69) is 27.7 Å². The van der Waals surface area contributed by atoms with Gasteiger partial charge in [0.25, 0.3) is 0 Å². The van der Waals surface area contributed by atoms with Crippen LogP contribution in [0.4, 0.5) is 0 Å². The number of hydrogen-bond acceptors (Lipinski definition) is 2. The summed E-state index contributed by atoms with van der Waals surface area (Å²) in [4.78, 5) is 12.7. The molecule has 0 amide bonds. The number of unbranched alkanes of at least 4 members (excludes halogenated alkanes) is 3. The maximum Gasteiger partial charge on any atom is 0.338 e. The quantitative estimate of drug-likeness (QED) is 0.394. The molecular formula is C22H36O2. The van der Waals surface area contributed by atoms with Gasteiger partial charge in [0.1, 0.15) is 5.60 Å². The van der Waals surface area contributed by atoms with Crippen LogP contribution in [0, 0.1) is 5.92 Å². The number of rotatable bonds is 12. The molecular weight excluding hydrogens is 296 g/mol. The number of carbonyl (C=O) groups excluding carboxylic acids is 1. The molecule has 1 unspecified atom stereocenters. The second kappa shape index (κ2) is 11.3.